The van der Waals surface area contributed by atoms with Crippen molar-refractivity contribution in [3.63, 3.8) is 0 Å². The third-order valence-corrected chi connectivity index (χ3v) is 6.08. The largest absolute Gasteiger partial charge is 0.486 e. The number of carbonyl (C=O) groups excluding carboxylic acids is 1. The molecule has 2 aliphatic heterocycles. The fraction of sp³-hybridized carbons (Fsp3) is 0.500. The number of carbonyl (C=O) groups is 1. The van der Waals surface area contributed by atoms with Crippen LogP contribution in [0.3, 0.4) is 0 Å². The lowest BCUT2D eigenvalue weighted by molar-refractivity contribution is -0.130. The molecule has 1 aromatic heterocycles. The third kappa shape index (κ3) is 4.44. The molecule has 7 nitrogen and oxygen atoms in total. The summed E-state index contributed by atoms with van der Waals surface area (Å²) in [6, 6.07) is 7.85. The first kappa shape index (κ1) is 19.1. The maximum Gasteiger partial charge on any atom is 0.223 e. The summed E-state index contributed by atoms with van der Waals surface area (Å²) in [6.45, 7) is 4.09. The molecule has 0 unspecified atom stereocenters. The van der Waals surface area contributed by atoms with Gasteiger partial charge in [-0.2, -0.15) is 5.10 Å². The number of aliphatic hydroxyl groups is 1. The molecule has 2 N–H and O–H groups in total. The van der Waals surface area contributed by atoms with E-state index in [1.54, 1.807) is 16.7 Å². The quantitative estimate of drug-likeness (QED) is 0.718. The molecule has 1 saturated heterocycles. The zero-order valence-corrected chi connectivity index (χ0v) is 16.7. The Balaban J connectivity index is 1.25. The number of nitrogens with one attached hydrogen (secondary N) is 1. The summed E-state index contributed by atoms with van der Waals surface area (Å²) in [5.74, 6) is 2.35. The van der Waals surface area contributed by atoms with Crippen molar-refractivity contribution in [2.75, 3.05) is 32.1 Å². The lowest BCUT2D eigenvalue weighted by atomic mass is 10.0. The van der Waals surface area contributed by atoms with Crippen molar-refractivity contribution in [3.8, 4) is 11.5 Å². The van der Waals surface area contributed by atoms with Gasteiger partial charge >= 0.3 is 0 Å². The fourth-order valence-corrected chi connectivity index (χ4v) is 4.50. The van der Waals surface area contributed by atoms with Crippen molar-refractivity contribution in [1.82, 2.24) is 15.1 Å². The van der Waals surface area contributed by atoms with Crippen molar-refractivity contribution >= 4 is 17.7 Å². The molecule has 2 aliphatic rings. The second kappa shape index (κ2) is 8.45. The highest BCUT2D eigenvalue weighted by atomic mass is 32.2. The second-order valence-corrected chi connectivity index (χ2v) is 8.44. The first-order valence-electron chi connectivity index (χ1n) is 9.57. The van der Waals surface area contributed by atoms with Crippen molar-refractivity contribution in [3.05, 3.63) is 35.7 Å². The van der Waals surface area contributed by atoms with Crippen LogP contribution in [-0.4, -0.2) is 64.3 Å². The first-order valence-corrected chi connectivity index (χ1v) is 10.6. The van der Waals surface area contributed by atoms with E-state index in [1.165, 1.54) is 0 Å². The number of aromatic nitrogens is 2. The van der Waals surface area contributed by atoms with Gasteiger partial charge in [-0.3, -0.25) is 9.89 Å². The fourth-order valence-electron chi connectivity index (χ4n) is 3.63. The van der Waals surface area contributed by atoms with Gasteiger partial charge in [-0.05, 0) is 37.6 Å². The maximum atomic E-state index is 12.6. The van der Waals surface area contributed by atoms with E-state index in [4.69, 9.17) is 9.47 Å². The predicted molar refractivity (Wildman–Crippen MR) is 106 cm³/mol. The Hall–Kier alpha value is -2.19. The van der Waals surface area contributed by atoms with Crippen LogP contribution in [0.2, 0.25) is 0 Å². The number of thioether (sulfide) groups is 1. The van der Waals surface area contributed by atoms with Crippen LogP contribution in [0.1, 0.15) is 17.8 Å². The number of β-amino-alcohol motifs (C(OH)–C–C–N with tert-alkyl or cyclic N) is 1. The number of aliphatic hydroxyl groups excluding tert-OH is 1. The Labute approximate surface area is 168 Å². The zero-order valence-electron chi connectivity index (χ0n) is 15.9. The van der Waals surface area contributed by atoms with E-state index in [0.717, 1.165) is 27.8 Å². The molecular weight excluding hydrogens is 378 g/mol. The summed E-state index contributed by atoms with van der Waals surface area (Å²) in [6.07, 6.45) is 0.632. The van der Waals surface area contributed by atoms with E-state index in [0.29, 0.717) is 44.9 Å². The molecule has 1 aromatic carbocycles. The van der Waals surface area contributed by atoms with Gasteiger partial charge in [0, 0.05) is 41.8 Å². The number of H-pyrrole nitrogens is 1. The minimum atomic E-state index is -0.494. The highest BCUT2D eigenvalue weighted by molar-refractivity contribution is 7.99. The summed E-state index contributed by atoms with van der Waals surface area (Å²) in [4.78, 5) is 15.4. The van der Waals surface area contributed by atoms with Crippen molar-refractivity contribution in [1.29, 1.82) is 0 Å². The van der Waals surface area contributed by atoms with Gasteiger partial charge < -0.3 is 19.5 Å². The average Bonchev–Trinajstić information content (AvgIpc) is 3.27. The molecule has 1 amide bonds. The third-order valence-electron chi connectivity index (χ3n) is 5.09. The number of nitrogens with zero attached hydrogens (tertiary/aromatic N) is 2. The number of benzene rings is 1. The van der Waals surface area contributed by atoms with Crippen LogP contribution in [0, 0.1) is 12.8 Å². The van der Waals surface area contributed by atoms with Crippen molar-refractivity contribution in [2.24, 2.45) is 5.92 Å². The number of rotatable bonds is 6. The number of hydrogen-bond donors (Lipinski definition) is 2. The summed E-state index contributed by atoms with van der Waals surface area (Å²) >= 11 is 1.63. The SMILES string of the molecule is Cc1cc(C[C@@H]2CN(C(=O)CCSc3ccc4c(c3)OCCO4)C[C@H]2O)n[nH]1. The monoisotopic (exact) mass is 403 g/mol. The molecule has 1 fully saturated rings. The number of fused-ring (bicyclic) bond motifs is 1. The highest BCUT2D eigenvalue weighted by Gasteiger charge is 2.34. The Morgan fingerprint density at radius 1 is 1.29 bits per heavy atom. The van der Waals surface area contributed by atoms with Crippen LogP contribution in [0.15, 0.2) is 29.2 Å². The van der Waals surface area contributed by atoms with E-state index >= 15 is 0 Å². The molecule has 0 spiro atoms. The zero-order chi connectivity index (χ0) is 19.5. The normalized spacial score (nSPS) is 21.1. The summed E-state index contributed by atoms with van der Waals surface area (Å²) < 4.78 is 11.1. The lowest BCUT2D eigenvalue weighted by Crippen LogP contribution is -2.29. The van der Waals surface area contributed by atoms with Gasteiger partial charge in [-0.1, -0.05) is 0 Å². The molecule has 28 heavy (non-hydrogen) atoms. The van der Waals surface area contributed by atoms with Gasteiger partial charge in [-0.25, -0.2) is 0 Å². The van der Waals surface area contributed by atoms with Crippen molar-refractivity contribution in [2.45, 2.75) is 30.8 Å². The molecule has 8 heteroatoms. The van der Waals surface area contributed by atoms with E-state index in [1.807, 2.05) is 31.2 Å². The van der Waals surface area contributed by atoms with Gasteiger partial charge in [0.1, 0.15) is 13.2 Å². The molecule has 0 saturated carbocycles. The predicted octanol–water partition coefficient (Wildman–Crippen LogP) is 2.03. The van der Waals surface area contributed by atoms with E-state index in [-0.39, 0.29) is 11.8 Å². The van der Waals surface area contributed by atoms with E-state index in [9.17, 15) is 9.90 Å². The van der Waals surface area contributed by atoms with Crippen LogP contribution in [0.5, 0.6) is 11.5 Å². The molecule has 0 bridgehead atoms. The Bertz CT molecular complexity index is 841. The number of aryl methyl sites for hydroxylation is 1. The Kier molecular flexibility index (Phi) is 5.77. The molecule has 2 aromatic rings. The van der Waals surface area contributed by atoms with Crippen LogP contribution < -0.4 is 9.47 Å². The topological polar surface area (TPSA) is 87.7 Å². The molecule has 0 aliphatic carbocycles. The Morgan fingerprint density at radius 3 is 2.89 bits per heavy atom. The van der Waals surface area contributed by atoms with Crippen molar-refractivity contribution < 1.29 is 19.4 Å². The van der Waals surface area contributed by atoms with Gasteiger partial charge in [0.2, 0.25) is 5.91 Å². The van der Waals surface area contributed by atoms with Crippen LogP contribution in [0.4, 0.5) is 0 Å². The van der Waals surface area contributed by atoms with E-state index in [2.05, 4.69) is 10.2 Å². The van der Waals surface area contributed by atoms with Gasteiger partial charge in [0.25, 0.3) is 0 Å². The van der Waals surface area contributed by atoms with Crippen LogP contribution in [0.25, 0.3) is 0 Å². The molecule has 0 radical (unpaired) electrons. The standard InChI is InChI=1S/C20H25N3O4S/c1-13-8-15(22-21-13)9-14-11-23(12-17(14)24)20(25)4-7-28-16-2-3-18-19(10-16)27-6-5-26-18/h2-3,8,10,14,17,24H,4-7,9,11-12H2,1H3,(H,21,22)/t14-,17-/m1/s1. The van der Waals surface area contributed by atoms with E-state index < -0.39 is 6.10 Å². The van der Waals surface area contributed by atoms with Crippen LogP contribution in [-0.2, 0) is 11.2 Å². The number of likely N-dealkylation sites (tertiary alicyclic amines) is 1. The average molecular weight is 404 g/mol. The molecule has 4 rings (SSSR count). The lowest BCUT2D eigenvalue weighted by Gasteiger charge is -2.19. The smallest absolute Gasteiger partial charge is 0.223 e. The number of amides is 1. The number of hydrogen-bond acceptors (Lipinski definition) is 6. The Morgan fingerprint density at radius 2 is 2.11 bits per heavy atom. The van der Waals surface area contributed by atoms with Gasteiger partial charge in [0.15, 0.2) is 11.5 Å². The second-order valence-electron chi connectivity index (χ2n) is 7.28. The minimum absolute atomic E-state index is 0.0390. The van der Waals surface area contributed by atoms with Gasteiger partial charge in [-0.15, -0.1) is 11.8 Å². The summed E-state index contributed by atoms with van der Waals surface area (Å²) in [5, 5.41) is 17.5. The van der Waals surface area contributed by atoms with Gasteiger partial charge in [0.05, 0.1) is 11.8 Å². The molecular formula is C20H25N3O4S. The first-order chi connectivity index (χ1) is 13.6. The molecule has 3 heterocycles. The number of aromatic amines is 1. The number of ether oxygens (including phenoxy) is 2. The maximum absolute atomic E-state index is 12.6. The minimum Gasteiger partial charge on any atom is -0.486 e. The highest BCUT2D eigenvalue weighted by Crippen LogP contribution is 2.34. The van der Waals surface area contributed by atoms with Crippen LogP contribution >= 0.6 is 11.8 Å². The summed E-state index contributed by atoms with van der Waals surface area (Å²) in [5.41, 5.74) is 1.94. The molecule has 2 atom stereocenters. The molecule has 150 valence electrons. The summed E-state index contributed by atoms with van der Waals surface area (Å²) in [7, 11) is 0.